The normalized spacial score (nSPS) is 11.6. The molecule has 0 bridgehead atoms. The molecule has 0 atom stereocenters. The highest BCUT2D eigenvalue weighted by Crippen LogP contribution is 2.26. The molecule has 0 aliphatic rings. The molecule has 32 heavy (non-hydrogen) atoms. The van der Waals surface area contributed by atoms with Crippen molar-refractivity contribution >= 4 is 43.8 Å². The third-order valence-corrected chi connectivity index (χ3v) is 6.34. The number of nitrogens with one attached hydrogen (secondary N) is 1. The average Bonchev–Trinajstić information content (AvgIpc) is 3.37. The number of fused-ring (bicyclic) bond motifs is 2. The van der Waals surface area contributed by atoms with Gasteiger partial charge in [-0.3, -0.25) is 5.43 Å². The molecule has 0 saturated carbocycles. The number of hydrogen-bond acceptors (Lipinski definition) is 5. The standard InChI is InChI=1S/C26H24N4OS/c1-18-11-12-24(19(2)15-18)31-14-13-30-17-20(21-7-3-5-9-23(21)30)16-27-29-26-28-22-8-4-6-10-25(22)32-26/h3-12,15-17H,13-14H2,1-2H3,(H,28,29)/b27-16-. The van der Waals surface area contributed by atoms with Crippen LogP contribution in [0.15, 0.2) is 78.0 Å². The van der Waals surface area contributed by atoms with Crippen LogP contribution in [0.4, 0.5) is 5.13 Å². The van der Waals surface area contributed by atoms with Gasteiger partial charge in [0.05, 0.1) is 23.0 Å². The zero-order valence-corrected chi connectivity index (χ0v) is 18.9. The summed E-state index contributed by atoms with van der Waals surface area (Å²) in [6, 6.07) is 22.7. The van der Waals surface area contributed by atoms with Gasteiger partial charge in [0.15, 0.2) is 0 Å². The summed E-state index contributed by atoms with van der Waals surface area (Å²) in [5.41, 5.74) is 8.69. The molecule has 0 radical (unpaired) electrons. The monoisotopic (exact) mass is 440 g/mol. The van der Waals surface area contributed by atoms with Crippen LogP contribution in [0.2, 0.25) is 0 Å². The molecule has 1 N–H and O–H groups in total. The minimum Gasteiger partial charge on any atom is -0.491 e. The van der Waals surface area contributed by atoms with Crippen LogP contribution in [-0.2, 0) is 6.54 Å². The van der Waals surface area contributed by atoms with Crippen molar-refractivity contribution in [1.29, 1.82) is 0 Å². The molecule has 0 spiro atoms. The minimum atomic E-state index is 0.600. The fourth-order valence-corrected chi connectivity index (χ4v) is 4.67. The molecule has 3 aromatic carbocycles. The van der Waals surface area contributed by atoms with Gasteiger partial charge in [0, 0.05) is 22.7 Å². The number of thiazole rings is 1. The maximum absolute atomic E-state index is 6.05. The maximum atomic E-state index is 6.05. The van der Waals surface area contributed by atoms with Crippen LogP contribution >= 0.6 is 11.3 Å². The molecule has 5 nitrogen and oxygen atoms in total. The Hall–Kier alpha value is -3.64. The van der Waals surface area contributed by atoms with Crippen molar-refractivity contribution in [3.8, 4) is 5.75 Å². The highest BCUT2D eigenvalue weighted by Gasteiger charge is 2.08. The Kier molecular flexibility index (Phi) is 5.60. The van der Waals surface area contributed by atoms with E-state index in [2.05, 4.69) is 82.6 Å². The van der Waals surface area contributed by atoms with Crippen LogP contribution in [0.5, 0.6) is 5.75 Å². The van der Waals surface area contributed by atoms with Crippen LogP contribution in [0, 0.1) is 13.8 Å². The van der Waals surface area contributed by atoms with E-state index in [1.807, 2.05) is 30.5 Å². The van der Waals surface area contributed by atoms with E-state index in [0.29, 0.717) is 6.61 Å². The van der Waals surface area contributed by atoms with E-state index >= 15 is 0 Å². The van der Waals surface area contributed by atoms with Gasteiger partial charge in [0.2, 0.25) is 5.13 Å². The van der Waals surface area contributed by atoms with Crippen molar-refractivity contribution in [2.75, 3.05) is 12.0 Å². The van der Waals surface area contributed by atoms with Crippen LogP contribution in [0.3, 0.4) is 0 Å². The molecule has 0 aliphatic heterocycles. The van der Waals surface area contributed by atoms with Gasteiger partial charge in [-0.2, -0.15) is 5.10 Å². The molecule has 6 heteroatoms. The molecule has 5 aromatic rings. The first-order valence-electron chi connectivity index (χ1n) is 10.6. The van der Waals surface area contributed by atoms with E-state index < -0.39 is 0 Å². The number of aryl methyl sites for hydroxylation is 2. The molecule has 2 aromatic heterocycles. The van der Waals surface area contributed by atoms with Gasteiger partial charge in [0.25, 0.3) is 0 Å². The van der Waals surface area contributed by atoms with Crippen molar-refractivity contribution in [2.24, 2.45) is 5.10 Å². The molecule has 0 amide bonds. The fraction of sp³-hybridized carbons (Fsp3) is 0.154. The Balaban J connectivity index is 1.31. The Morgan fingerprint density at radius 3 is 2.78 bits per heavy atom. The summed E-state index contributed by atoms with van der Waals surface area (Å²) in [6.45, 7) is 5.54. The Labute approximate surface area is 191 Å². The molecule has 2 heterocycles. The molecular weight excluding hydrogens is 416 g/mol. The Bertz CT molecular complexity index is 1380. The molecular formula is C26H24N4OS. The number of benzene rings is 3. The van der Waals surface area contributed by atoms with E-state index in [1.165, 1.54) is 5.56 Å². The van der Waals surface area contributed by atoms with E-state index in [1.54, 1.807) is 11.3 Å². The number of para-hydroxylation sites is 2. The largest absolute Gasteiger partial charge is 0.491 e. The molecule has 160 valence electrons. The van der Waals surface area contributed by atoms with E-state index in [4.69, 9.17) is 4.74 Å². The van der Waals surface area contributed by atoms with Crippen LogP contribution in [-0.4, -0.2) is 22.4 Å². The van der Waals surface area contributed by atoms with Gasteiger partial charge >= 0.3 is 0 Å². The highest BCUT2D eigenvalue weighted by atomic mass is 32.1. The number of hydrogen-bond donors (Lipinski definition) is 1. The summed E-state index contributed by atoms with van der Waals surface area (Å²) in [4.78, 5) is 4.57. The van der Waals surface area contributed by atoms with E-state index in [-0.39, 0.29) is 0 Å². The average molecular weight is 441 g/mol. The van der Waals surface area contributed by atoms with E-state index in [9.17, 15) is 0 Å². The highest BCUT2D eigenvalue weighted by molar-refractivity contribution is 7.22. The smallest absolute Gasteiger partial charge is 0.204 e. The van der Waals surface area contributed by atoms with Crippen LogP contribution < -0.4 is 10.2 Å². The summed E-state index contributed by atoms with van der Waals surface area (Å²) in [5, 5.41) is 6.39. The second kappa shape index (κ2) is 8.85. The van der Waals surface area contributed by atoms with Crippen molar-refractivity contribution in [3.63, 3.8) is 0 Å². The lowest BCUT2D eigenvalue weighted by molar-refractivity contribution is 0.298. The Morgan fingerprint density at radius 1 is 1.06 bits per heavy atom. The van der Waals surface area contributed by atoms with Crippen LogP contribution in [0.1, 0.15) is 16.7 Å². The Morgan fingerprint density at radius 2 is 1.91 bits per heavy atom. The molecule has 0 saturated heterocycles. The summed E-state index contributed by atoms with van der Waals surface area (Å²) in [5.74, 6) is 0.939. The van der Waals surface area contributed by atoms with Crippen molar-refractivity contribution in [1.82, 2.24) is 9.55 Å². The van der Waals surface area contributed by atoms with Crippen molar-refractivity contribution < 1.29 is 4.74 Å². The summed E-state index contributed by atoms with van der Waals surface area (Å²) in [6.07, 6.45) is 3.98. The minimum absolute atomic E-state index is 0.600. The predicted molar refractivity (Wildman–Crippen MR) is 134 cm³/mol. The summed E-state index contributed by atoms with van der Waals surface area (Å²) < 4.78 is 9.41. The van der Waals surface area contributed by atoms with Gasteiger partial charge in [-0.25, -0.2) is 4.98 Å². The number of hydrazone groups is 1. The van der Waals surface area contributed by atoms with Crippen molar-refractivity contribution in [3.05, 3.63) is 89.6 Å². The first-order chi connectivity index (χ1) is 15.7. The third-order valence-electron chi connectivity index (χ3n) is 5.40. The van der Waals surface area contributed by atoms with Gasteiger partial charge in [-0.15, -0.1) is 0 Å². The summed E-state index contributed by atoms with van der Waals surface area (Å²) >= 11 is 1.59. The second-order valence-electron chi connectivity index (χ2n) is 7.77. The number of nitrogens with zero attached hydrogens (tertiary/aromatic N) is 3. The van der Waals surface area contributed by atoms with E-state index in [0.717, 1.165) is 49.7 Å². The lowest BCUT2D eigenvalue weighted by Gasteiger charge is -2.11. The summed E-state index contributed by atoms with van der Waals surface area (Å²) in [7, 11) is 0. The molecule has 0 unspecified atom stereocenters. The van der Waals surface area contributed by atoms with Gasteiger partial charge < -0.3 is 9.30 Å². The zero-order valence-electron chi connectivity index (χ0n) is 18.1. The first-order valence-corrected chi connectivity index (χ1v) is 11.4. The lowest BCUT2D eigenvalue weighted by atomic mass is 10.1. The van der Waals surface area contributed by atoms with Gasteiger partial charge in [-0.05, 0) is 43.7 Å². The van der Waals surface area contributed by atoms with Crippen molar-refractivity contribution in [2.45, 2.75) is 20.4 Å². The molecule has 5 rings (SSSR count). The third kappa shape index (κ3) is 4.22. The second-order valence-corrected chi connectivity index (χ2v) is 8.80. The van der Waals surface area contributed by atoms with Gasteiger partial charge in [-0.1, -0.05) is 59.4 Å². The molecule has 0 fully saturated rings. The van der Waals surface area contributed by atoms with Gasteiger partial charge in [0.1, 0.15) is 12.4 Å². The topological polar surface area (TPSA) is 51.4 Å². The number of ether oxygens (including phenoxy) is 1. The predicted octanol–water partition coefficient (Wildman–Crippen LogP) is 6.39. The number of rotatable bonds is 7. The molecule has 0 aliphatic carbocycles. The lowest BCUT2D eigenvalue weighted by Crippen LogP contribution is -2.08. The quantitative estimate of drug-likeness (QED) is 0.236. The maximum Gasteiger partial charge on any atom is 0.204 e. The van der Waals surface area contributed by atoms with Crippen LogP contribution in [0.25, 0.3) is 21.1 Å². The fourth-order valence-electron chi connectivity index (χ4n) is 3.86. The number of anilines is 1. The zero-order chi connectivity index (χ0) is 21.9. The first kappa shape index (κ1) is 20.3. The SMILES string of the molecule is Cc1ccc(OCCn2cc(/C=N\Nc3nc4ccccc4s3)c3ccccc32)c(C)c1. The number of aromatic nitrogens is 2.